The van der Waals surface area contributed by atoms with Crippen LogP contribution in [0, 0.1) is 0 Å². The van der Waals surface area contributed by atoms with Crippen LogP contribution in [0.4, 0.5) is 0 Å². The molecule has 0 radical (unpaired) electrons. The number of hydrogen-bond donors (Lipinski definition) is 1. The molecule has 0 aromatic rings. The number of halogens is 2. The van der Waals surface area contributed by atoms with Gasteiger partial charge in [-0.15, -0.1) is 0 Å². The summed E-state index contributed by atoms with van der Waals surface area (Å²) in [5.74, 6) is -0.735. The van der Waals surface area contributed by atoms with Crippen LogP contribution in [0.2, 0.25) is 0 Å². The Morgan fingerprint density at radius 3 is 2.73 bits per heavy atom. The second kappa shape index (κ2) is 4.35. The topological polar surface area (TPSA) is 46.2 Å². The van der Waals surface area contributed by atoms with E-state index in [4.69, 9.17) is 23.2 Å². The Morgan fingerprint density at radius 2 is 2.20 bits per heavy atom. The summed E-state index contributed by atoms with van der Waals surface area (Å²) in [6.45, 7) is 0. The number of amides is 1. The normalized spacial score (nSPS) is 23.9. The first-order valence-electron chi connectivity index (χ1n) is 4.22. The van der Waals surface area contributed by atoms with Gasteiger partial charge in [-0.2, -0.15) is 0 Å². The fraction of sp³-hybridized carbons (Fsp3) is 0.333. The van der Waals surface area contributed by atoms with Crippen LogP contribution in [0.25, 0.3) is 0 Å². The Bertz CT molecular complexity index is 361. The third-order valence-corrected chi connectivity index (χ3v) is 3.40. The van der Waals surface area contributed by atoms with Crippen molar-refractivity contribution < 1.29 is 14.1 Å². The maximum atomic E-state index is 10.9. The lowest BCUT2D eigenvalue weighted by Gasteiger charge is -2.34. The Balaban J connectivity index is 2.99. The molecule has 15 heavy (non-hydrogen) atoms. The smallest absolute Gasteiger partial charge is 0.288 e. The molecular formula is C9H11Cl2N2O2+. The van der Waals surface area contributed by atoms with Gasteiger partial charge < -0.3 is 5.32 Å². The molecule has 0 saturated heterocycles. The number of hydrogen-bond acceptors (Lipinski definition) is 2. The molecule has 0 aliphatic carbocycles. The van der Waals surface area contributed by atoms with Crippen LogP contribution in [0.15, 0.2) is 23.0 Å². The number of quaternary nitrogens is 1. The summed E-state index contributed by atoms with van der Waals surface area (Å²) in [5, 5.41) is 2.76. The van der Waals surface area contributed by atoms with Crippen LogP contribution in [0.3, 0.4) is 0 Å². The van der Waals surface area contributed by atoms with Crippen LogP contribution < -0.4 is 5.32 Å². The van der Waals surface area contributed by atoms with Crippen molar-refractivity contribution in [1.29, 1.82) is 0 Å². The third-order valence-electron chi connectivity index (χ3n) is 2.13. The first-order chi connectivity index (χ1) is 6.89. The van der Waals surface area contributed by atoms with Crippen LogP contribution in [-0.4, -0.2) is 36.3 Å². The highest BCUT2D eigenvalue weighted by molar-refractivity contribution is 6.30. The lowest BCUT2D eigenvalue weighted by atomic mass is 10.2. The second-order valence-corrected chi connectivity index (χ2v) is 4.39. The number of aldehydes is 1. The van der Waals surface area contributed by atoms with Crippen molar-refractivity contribution in [3.05, 3.63) is 23.0 Å². The molecule has 1 aliphatic rings. The maximum Gasteiger partial charge on any atom is 0.288 e. The first kappa shape index (κ1) is 12.2. The summed E-state index contributed by atoms with van der Waals surface area (Å²) >= 11 is 12.1. The van der Waals surface area contributed by atoms with Crippen LogP contribution in [0.5, 0.6) is 0 Å². The van der Waals surface area contributed by atoms with Gasteiger partial charge in [-0.25, -0.2) is 0 Å². The van der Waals surface area contributed by atoms with E-state index in [1.807, 2.05) is 0 Å². The molecule has 0 aromatic heterocycles. The summed E-state index contributed by atoms with van der Waals surface area (Å²) in [6.07, 6.45) is 3.48. The number of nitrogens with zero attached hydrogens (tertiary/aromatic N) is 1. The Hall–Kier alpha value is -0.840. The highest BCUT2D eigenvalue weighted by Crippen LogP contribution is 2.30. The average molecular weight is 250 g/mol. The van der Waals surface area contributed by atoms with Gasteiger partial charge in [-0.1, -0.05) is 11.6 Å². The zero-order chi connectivity index (χ0) is 11.6. The van der Waals surface area contributed by atoms with Gasteiger partial charge >= 0.3 is 0 Å². The van der Waals surface area contributed by atoms with E-state index in [9.17, 15) is 9.59 Å². The van der Waals surface area contributed by atoms with E-state index in [-0.39, 0.29) is 16.3 Å². The minimum Gasteiger partial charge on any atom is -0.314 e. The molecule has 6 heteroatoms. The second-order valence-electron chi connectivity index (χ2n) is 3.58. The summed E-state index contributed by atoms with van der Waals surface area (Å²) < 4.78 is 0.216. The molecule has 0 saturated carbocycles. The van der Waals surface area contributed by atoms with Crippen molar-refractivity contribution in [3.63, 3.8) is 0 Å². The minimum atomic E-state index is -0.735. The van der Waals surface area contributed by atoms with Crippen LogP contribution >= 0.6 is 23.2 Å². The molecule has 1 aliphatic heterocycles. The van der Waals surface area contributed by atoms with Gasteiger partial charge in [-0.05, 0) is 23.8 Å². The number of carbonyl (C=O) groups is 2. The fourth-order valence-corrected chi connectivity index (χ4v) is 1.57. The van der Waals surface area contributed by atoms with Gasteiger partial charge in [0.15, 0.2) is 5.50 Å². The predicted octanol–water partition coefficient (Wildman–Crippen LogP) is 0.920. The molecule has 0 bridgehead atoms. The van der Waals surface area contributed by atoms with Gasteiger partial charge in [-0.3, -0.25) is 14.1 Å². The lowest BCUT2D eigenvalue weighted by Crippen LogP contribution is -2.46. The minimum absolute atomic E-state index is 0.192. The van der Waals surface area contributed by atoms with E-state index in [1.165, 1.54) is 0 Å². The molecule has 1 unspecified atom stereocenters. The number of nitrogens with one attached hydrogen (secondary N) is 1. The quantitative estimate of drug-likeness (QED) is 0.260. The molecule has 1 rings (SSSR count). The molecule has 1 N–H and O–H groups in total. The molecule has 0 fully saturated rings. The fourth-order valence-electron chi connectivity index (χ4n) is 1.13. The summed E-state index contributed by atoms with van der Waals surface area (Å²) in [5.41, 5.74) is 0.102. The van der Waals surface area contributed by atoms with E-state index in [0.29, 0.717) is 10.9 Å². The molecule has 82 valence electrons. The van der Waals surface area contributed by atoms with Crippen molar-refractivity contribution in [2.45, 2.75) is 5.50 Å². The van der Waals surface area contributed by atoms with Crippen molar-refractivity contribution >= 4 is 35.4 Å². The predicted molar refractivity (Wildman–Crippen MR) is 58.0 cm³/mol. The highest BCUT2D eigenvalue weighted by Gasteiger charge is 2.34. The van der Waals surface area contributed by atoms with Gasteiger partial charge in [0, 0.05) is 0 Å². The van der Waals surface area contributed by atoms with Gasteiger partial charge in [0.2, 0.25) is 11.4 Å². The van der Waals surface area contributed by atoms with E-state index >= 15 is 0 Å². The SMILES string of the molecule is C[N+]1(C)C(Cl)=C(NC(=O)C=O)C=CC1Cl. The molecule has 1 atom stereocenters. The van der Waals surface area contributed by atoms with Crippen LogP contribution in [-0.2, 0) is 9.59 Å². The first-order valence-corrected chi connectivity index (χ1v) is 5.03. The van der Waals surface area contributed by atoms with Gasteiger partial charge in [0.05, 0.1) is 14.1 Å². The van der Waals surface area contributed by atoms with Crippen molar-refractivity contribution in [2.75, 3.05) is 14.1 Å². The molecule has 1 heterocycles. The highest BCUT2D eigenvalue weighted by atomic mass is 35.5. The monoisotopic (exact) mass is 249 g/mol. The Labute approximate surface area is 97.7 Å². The van der Waals surface area contributed by atoms with Gasteiger partial charge in [0.1, 0.15) is 5.70 Å². The summed E-state index contributed by atoms with van der Waals surface area (Å²) in [7, 11) is 3.60. The van der Waals surface area contributed by atoms with Crippen molar-refractivity contribution in [2.24, 2.45) is 0 Å². The molecule has 1 amide bonds. The number of rotatable bonds is 2. The zero-order valence-electron chi connectivity index (χ0n) is 8.33. The number of likely N-dealkylation sites (N-methyl/N-ethyl adjacent to an activating group) is 1. The van der Waals surface area contributed by atoms with E-state index < -0.39 is 5.91 Å². The largest absolute Gasteiger partial charge is 0.314 e. The maximum absolute atomic E-state index is 10.9. The third kappa shape index (κ3) is 2.40. The Kier molecular flexibility index (Phi) is 3.54. The van der Waals surface area contributed by atoms with Crippen molar-refractivity contribution in [3.8, 4) is 0 Å². The molecule has 0 aromatic carbocycles. The summed E-state index contributed by atoms with van der Waals surface area (Å²) in [4.78, 5) is 21.1. The zero-order valence-corrected chi connectivity index (χ0v) is 9.84. The number of allylic oxidation sites excluding steroid dienone is 1. The van der Waals surface area contributed by atoms with Crippen LogP contribution in [0.1, 0.15) is 0 Å². The standard InChI is InChI=1S/C9H10Cl2N2O2/c1-13(2)7(10)4-3-6(9(13)11)12-8(15)5-14/h3-5,7H,1-2H3/p+1. The average Bonchev–Trinajstić information content (AvgIpc) is 2.19. The van der Waals surface area contributed by atoms with Gasteiger partial charge in [0.25, 0.3) is 5.91 Å². The molecule has 4 nitrogen and oxygen atoms in total. The number of carbonyl (C=O) groups excluding carboxylic acids is 2. The van der Waals surface area contributed by atoms with E-state index in [2.05, 4.69) is 5.32 Å². The Morgan fingerprint density at radius 1 is 1.60 bits per heavy atom. The summed E-state index contributed by atoms with van der Waals surface area (Å²) in [6, 6.07) is 0. The van der Waals surface area contributed by atoms with E-state index in [0.717, 1.165) is 0 Å². The number of alkyl halides is 1. The lowest BCUT2D eigenvalue weighted by molar-refractivity contribution is -0.852. The molecular weight excluding hydrogens is 239 g/mol. The molecule has 0 spiro atoms. The van der Waals surface area contributed by atoms with E-state index in [1.54, 1.807) is 26.2 Å². The van der Waals surface area contributed by atoms with Crippen molar-refractivity contribution in [1.82, 2.24) is 5.32 Å².